The predicted molar refractivity (Wildman–Crippen MR) is 81.9 cm³/mol. The van der Waals surface area contributed by atoms with E-state index in [1.165, 1.54) is 10.6 Å². The molecule has 2 aliphatic heterocycles. The zero-order chi connectivity index (χ0) is 16.8. The van der Waals surface area contributed by atoms with Crippen LogP contribution in [0.4, 0.5) is 4.79 Å². The molecule has 0 radical (unpaired) electrons. The number of ether oxygens (including phenoxy) is 1. The molecule has 2 rings (SSSR count). The summed E-state index contributed by atoms with van der Waals surface area (Å²) in [6.45, 7) is 6.73. The third kappa shape index (κ3) is 3.91. The van der Waals surface area contributed by atoms with E-state index in [9.17, 15) is 18.3 Å². The zero-order valence-corrected chi connectivity index (χ0v) is 14.5. The van der Waals surface area contributed by atoms with E-state index in [-0.39, 0.29) is 12.5 Å². The molecule has 2 aliphatic rings. The van der Waals surface area contributed by atoms with Gasteiger partial charge in [0.2, 0.25) is 10.0 Å². The van der Waals surface area contributed by atoms with Crippen molar-refractivity contribution in [3.05, 3.63) is 0 Å². The Balaban J connectivity index is 2.07. The fraction of sp³-hybridized carbons (Fsp3) is 0.929. The minimum Gasteiger partial charge on any atom is -0.444 e. The summed E-state index contributed by atoms with van der Waals surface area (Å²) in [5.74, 6) is -0.280. The fourth-order valence-electron chi connectivity index (χ4n) is 3.07. The first-order chi connectivity index (χ1) is 9.91. The monoisotopic (exact) mass is 334 g/mol. The molecule has 0 saturated carbocycles. The molecule has 0 bridgehead atoms. The number of aliphatic hydroxyl groups is 1. The number of hydrogen-bond donors (Lipinski definition) is 1. The molecule has 0 aromatic rings. The summed E-state index contributed by atoms with van der Waals surface area (Å²) in [7, 11) is -3.28. The Morgan fingerprint density at radius 2 is 1.82 bits per heavy atom. The summed E-state index contributed by atoms with van der Waals surface area (Å²) < 4.78 is 30.2. The first-order valence-electron chi connectivity index (χ1n) is 7.56. The first-order valence-corrected chi connectivity index (χ1v) is 9.41. The minimum atomic E-state index is -3.28. The lowest BCUT2D eigenvalue weighted by molar-refractivity contribution is -0.101. The van der Waals surface area contributed by atoms with E-state index in [0.717, 1.165) is 0 Å². The van der Waals surface area contributed by atoms with Crippen LogP contribution in [-0.4, -0.2) is 72.5 Å². The first kappa shape index (κ1) is 17.5. The second kappa shape index (κ2) is 5.65. The smallest absolute Gasteiger partial charge is 0.410 e. The maximum Gasteiger partial charge on any atom is 0.410 e. The Kier molecular flexibility index (Phi) is 4.49. The summed E-state index contributed by atoms with van der Waals surface area (Å²) in [6, 6.07) is 0. The van der Waals surface area contributed by atoms with E-state index in [0.29, 0.717) is 32.5 Å². The van der Waals surface area contributed by atoms with Crippen LogP contribution < -0.4 is 0 Å². The van der Waals surface area contributed by atoms with Crippen LogP contribution in [0.1, 0.15) is 33.6 Å². The molecule has 0 aromatic heterocycles. The summed E-state index contributed by atoms with van der Waals surface area (Å²) in [5, 5.41) is 10.7. The van der Waals surface area contributed by atoms with Crippen molar-refractivity contribution < 1.29 is 23.1 Å². The summed E-state index contributed by atoms with van der Waals surface area (Å²) in [5.41, 5.74) is -1.46. The van der Waals surface area contributed by atoms with Gasteiger partial charge in [-0.05, 0) is 33.6 Å². The Labute approximate surface area is 132 Å². The molecule has 22 heavy (non-hydrogen) atoms. The highest BCUT2D eigenvalue weighted by Gasteiger charge is 2.47. The topological polar surface area (TPSA) is 87.2 Å². The maximum absolute atomic E-state index is 12.2. The largest absolute Gasteiger partial charge is 0.444 e. The van der Waals surface area contributed by atoms with Gasteiger partial charge in [0.15, 0.2) is 0 Å². The van der Waals surface area contributed by atoms with E-state index < -0.39 is 27.3 Å². The third-order valence-electron chi connectivity index (χ3n) is 4.35. The molecule has 8 heteroatoms. The zero-order valence-electron chi connectivity index (χ0n) is 13.7. The van der Waals surface area contributed by atoms with Crippen molar-refractivity contribution in [3.8, 4) is 0 Å². The molecule has 0 aliphatic carbocycles. The molecule has 2 atom stereocenters. The molecule has 128 valence electrons. The maximum atomic E-state index is 12.2. The van der Waals surface area contributed by atoms with E-state index in [2.05, 4.69) is 0 Å². The molecule has 7 nitrogen and oxygen atoms in total. The van der Waals surface area contributed by atoms with Crippen LogP contribution in [0.3, 0.4) is 0 Å². The molecule has 1 amide bonds. The van der Waals surface area contributed by atoms with Crippen LogP contribution >= 0.6 is 0 Å². The van der Waals surface area contributed by atoms with Crippen molar-refractivity contribution in [1.29, 1.82) is 0 Å². The van der Waals surface area contributed by atoms with Gasteiger partial charge in [0.05, 0.1) is 11.9 Å². The summed E-state index contributed by atoms with van der Waals surface area (Å²) in [4.78, 5) is 13.7. The average molecular weight is 334 g/mol. The minimum absolute atomic E-state index is 0.245. The lowest BCUT2D eigenvalue weighted by Crippen LogP contribution is -2.61. The van der Waals surface area contributed by atoms with Crippen molar-refractivity contribution in [2.75, 3.05) is 32.4 Å². The lowest BCUT2D eigenvalue weighted by Gasteiger charge is -2.49. The molecule has 0 unspecified atom stereocenters. The number of fused-ring (bicyclic) bond motifs is 1. The van der Waals surface area contributed by atoms with Crippen molar-refractivity contribution in [3.63, 3.8) is 0 Å². The molecule has 2 heterocycles. The number of amides is 1. The Morgan fingerprint density at radius 3 is 2.36 bits per heavy atom. The number of carbonyl (C=O) groups excluding carboxylic acids is 1. The van der Waals surface area contributed by atoms with Gasteiger partial charge < -0.3 is 14.7 Å². The Hall–Kier alpha value is -0.860. The number of sulfonamides is 1. The SMILES string of the molecule is CC(C)(C)OC(=O)N1CC[C@@]2(O)CCN(S(C)(=O)=O)C[C@H]2C1. The molecule has 0 aromatic carbocycles. The lowest BCUT2D eigenvalue weighted by atomic mass is 9.76. The molecule has 1 N–H and O–H groups in total. The van der Waals surface area contributed by atoms with Gasteiger partial charge >= 0.3 is 6.09 Å². The van der Waals surface area contributed by atoms with Gasteiger partial charge in [-0.1, -0.05) is 0 Å². The average Bonchev–Trinajstić information content (AvgIpc) is 2.33. The van der Waals surface area contributed by atoms with Crippen molar-refractivity contribution >= 4 is 16.1 Å². The van der Waals surface area contributed by atoms with Gasteiger partial charge in [0.25, 0.3) is 0 Å². The van der Waals surface area contributed by atoms with Gasteiger partial charge in [0, 0.05) is 32.1 Å². The highest BCUT2D eigenvalue weighted by molar-refractivity contribution is 7.88. The highest BCUT2D eigenvalue weighted by atomic mass is 32.2. The van der Waals surface area contributed by atoms with Crippen molar-refractivity contribution in [2.45, 2.75) is 44.8 Å². The van der Waals surface area contributed by atoms with Crippen molar-refractivity contribution in [1.82, 2.24) is 9.21 Å². The second-order valence-electron chi connectivity index (χ2n) is 7.35. The quantitative estimate of drug-likeness (QED) is 0.760. The van der Waals surface area contributed by atoms with E-state index in [1.54, 1.807) is 25.7 Å². The number of piperidine rings is 2. The number of nitrogens with zero attached hydrogens (tertiary/aromatic N) is 2. The van der Waals surface area contributed by atoms with Crippen LogP contribution in [0.25, 0.3) is 0 Å². The Bertz CT molecular complexity index is 542. The van der Waals surface area contributed by atoms with Crippen LogP contribution in [-0.2, 0) is 14.8 Å². The molecular formula is C14H26N2O5S. The van der Waals surface area contributed by atoms with Gasteiger partial charge in [0.1, 0.15) is 5.60 Å². The number of hydrogen-bond acceptors (Lipinski definition) is 5. The number of carbonyl (C=O) groups is 1. The standard InChI is InChI=1S/C14H26N2O5S/c1-13(2,3)21-12(17)15-7-5-14(18)6-8-16(22(4,19)20)10-11(14)9-15/h11,18H,5-10H2,1-4H3/t11-,14-/m1/s1. The Morgan fingerprint density at radius 1 is 1.23 bits per heavy atom. The van der Waals surface area contributed by atoms with E-state index in [4.69, 9.17) is 4.74 Å². The summed E-state index contributed by atoms with van der Waals surface area (Å²) >= 11 is 0. The van der Waals surface area contributed by atoms with Gasteiger partial charge in [-0.15, -0.1) is 0 Å². The highest BCUT2D eigenvalue weighted by Crippen LogP contribution is 2.36. The van der Waals surface area contributed by atoms with Crippen LogP contribution in [0.15, 0.2) is 0 Å². The second-order valence-corrected chi connectivity index (χ2v) is 9.33. The number of likely N-dealkylation sites (tertiary alicyclic amines) is 1. The predicted octanol–water partition coefficient (Wildman–Crippen LogP) is 0.640. The third-order valence-corrected chi connectivity index (χ3v) is 5.62. The van der Waals surface area contributed by atoms with Gasteiger partial charge in [-0.2, -0.15) is 0 Å². The molecule has 0 spiro atoms. The van der Waals surface area contributed by atoms with Gasteiger partial charge in [-0.25, -0.2) is 17.5 Å². The van der Waals surface area contributed by atoms with E-state index in [1.807, 2.05) is 0 Å². The fourth-order valence-corrected chi connectivity index (χ4v) is 3.94. The normalized spacial score (nSPS) is 30.8. The van der Waals surface area contributed by atoms with Crippen LogP contribution in [0.2, 0.25) is 0 Å². The molecule has 2 saturated heterocycles. The van der Waals surface area contributed by atoms with Crippen LogP contribution in [0, 0.1) is 5.92 Å². The summed E-state index contributed by atoms with van der Waals surface area (Å²) in [6.07, 6.45) is 1.62. The van der Waals surface area contributed by atoms with Gasteiger partial charge in [-0.3, -0.25) is 0 Å². The van der Waals surface area contributed by atoms with Crippen LogP contribution in [0.5, 0.6) is 0 Å². The molecular weight excluding hydrogens is 308 g/mol. The van der Waals surface area contributed by atoms with Crippen molar-refractivity contribution in [2.24, 2.45) is 5.92 Å². The van der Waals surface area contributed by atoms with E-state index >= 15 is 0 Å². The number of rotatable bonds is 1. The molecule has 2 fully saturated rings.